The first kappa shape index (κ1) is 33.6. The largest absolute Gasteiger partial charge is 0.463 e. The lowest BCUT2D eigenvalue weighted by atomic mass is 9.92. The van der Waals surface area contributed by atoms with Gasteiger partial charge in [0.15, 0.2) is 0 Å². The molecule has 2 heterocycles. The number of hydrogen-bond acceptors (Lipinski definition) is 6. The Balaban J connectivity index is 1.23. The maximum absolute atomic E-state index is 13.8. The lowest BCUT2D eigenvalue weighted by Gasteiger charge is -2.36. The molecule has 252 valence electrons. The zero-order chi connectivity index (χ0) is 34.2. The standard InChI is InChI=1S/C40H41N3O6/c44-25-35-22-30-14-6-9-17-33(30)24-43(35)37(45)23-31-15-7-8-16-32(20-27-10-2-1-3-11-27)40(48)49-26-36(42-38(31)46)39(47)41-34-19-18-28-12-4-5-13-29(28)21-34/h1-14,17-19,21,31-32,35-36,44H,15-16,20,22-26H2,(H,41,47)(H,42,46). The van der Waals surface area contributed by atoms with Crippen LogP contribution in [0.4, 0.5) is 5.69 Å². The lowest BCUT2D eigenvalue weighted by molar-refractivity contribution is -0.150. The molecule has 3 N–H and O–H groups in total. The molecule has 4 aromatic rings. The second kappa shape index (κ2) is 15.7. The fourth-order valence-corrected chi connectivity index (χ4v) is 6.59. The second-order valence-corrected chi connectivity index (χ2v) is 12.8. The minimum Gasteiger partial charge on any atom is -0.463 e. The number of carbonyl (C=O) groups is 4. The third-order valence-corrected chi connectivity index (χ3v) is 9.39. The Morgan fingerprint density at radius 1 is 0.837 bits per heavy atom. The number of rotatable bonds is 7. The maximum Gasteiger partial charge on any atom is 0.309 e. The average Bonchev–Trinajstić information content (AvgIpc) is 3.12. The normalized spacial score (nSPS) is 21.4. The fraction of sp³-hybridized carbons (Fsp3) is 0.300. The van der Waals surface area contributed by atoms with Crippen LogP contribution in [0.1, 0.15) is 36.0 Å². The van der Waals surface area contributed by atoms with Gasteiger partial charge in [0.05, 0.1) is 24.5 Å². The molecule has 4 unspecified atom stereocenters. The van der Waals surface area contributed by atoms with Crippen LogP contribution in [0.5, 0.6) is 0 Å². The van der Waals surface area contributed by atoms with Gasteiger partial charge in [-0.3, -0.25) is 19.2 Å². The molecule has 9 nitrogen and oxygen atoms in total. The average molecular weight is 660 g/mol. The van der Waals surface area contributed by atoms with Crippen LogP contribution in [0.2, 0.25) is 0 Å². The van der Waals surface area contributed by atoms with Crippen molar-refractivity contribution in [2.75, 3.05) is 18.5 Å². The van der Waals surface area contributed by atoms with Crippen LogP contribution in [-0.4, -0.2) is 59.0 Å². The first-order chi connectivity index (χ1) is 23.9. The van der Waals surface area contributed by atoms with E-state index < -0.39 is 41.7 Å². The number of nitrogens with zero attached hydrogens (tertiary/aromatic N) is 1. The number of cyclic esters (lactones) is 1. The van der Waals surface area contributed by atoms with Crippen molar-refractivity contribution in [3.05, 3.63) is 126 Å². The number of aliphatic hydroxyl groups is 1. The molecule has 0 saturated carbocycles. The number of carbonyl (C=O) groups excluding carboxylic acids is 4. The van der Waals surface area contributed by atoms with Gasteiger partial charge in [0.2, 0.25) is 11.8 Å². The highest BCUT2D eigenvalue weighted by atomic mass is 16.5. The SMILES string of the molecule is O=C1NC(C(=O)Nc2ccc3ccccc3c2)COC(=O)C(Cc2ccccc2)CC=CCC1CC(=O)N1Cc2ccccc2CC1CO. The molecule has 2 aliphatic rings. The van der Waals surface area contributed by atoms with Crippen LogP contribution in [0.3, 0.4) is 0 Å². The minimum atomic E-state index is -1.20. The summed E-state index contributed by atoms with van der Waals surface area (Å²) in [6.07, 6.45) is 5.16. The molecule has 2 aliphatic heterocycles. The first-order valence-corrected chi connectivity index (χ1v) is 16.8. The first-order valence-electron chi connectivity index (χ1n) is 16.8. The highest BCUT2D eigenvalue weighted by Gasteiger charge is 2.34. The fourth-order valence-electron chi connectivity index (χ4n) is 6.59. The summed E-state index contributed by atoms with van der Waals surface area (Å²) >= 11 is 0. The zero-order valence-corrected chi connectivity index (χ0v) is 27.3. The molecule has 0 fully saturated rings. The van der Waals surface area contributed by atoms with Crippen molar-refractivity contribution in [2.45, 2.75) is 50.7 Å². The van der Waals surface area contributed by atoms with Crippen LogP contribution in [0.25, 0.3) is 10.8 Å². The van der Waals surface area contributed by atoms with Crippen molar-refractivity contribution < 1.29 is 29.0 Å². The molecule has 0 bridgehead atoms. The van der Waals surface area contributed by atoms with Crippen molar-refractivity contribution in [1.29, 1.82) is 0 Å². The monoisotopic (exact) mass is 659 g/mol. The van der Waals surface area contributed by atoms with E-state index in [2.05, 4.69) is 10.6 Å². The molecule has 4 atom stereocenters. The number of ether oxygens (including phenoxy) is 1. The number of anilines is 1. The van der Waals surface area contributed by atoms with Crippen molar-refractivity contribution >= 4 is 40.2 Å². The highest BCUT2D eigenvalue weighted by molar-refractivity contribution is 6.00. The van der Waals surface area contributed by atoms with Gasteiger partial charge >= 0.3 is 5.97 Å². The van der Waals surface area contributed by atoms with Gasteiger partial charge in [-0.05, 0) is 65.3 Å². The highest BCUT2D eigenvalue weighted by Crippen LogP contribution is 2.26. The van der Waals surface area contributed by atoms with Gasteiger partial charge in [-0.2, -0.15) is 0 Å². The number of aliphatic hydroxyl groups excluding tert-OH is 1. The Kier molecular flexibility index (Phi) is 10.8. The molecule has 4 aromatic carbocycles. The number of hydrogen-bond donors (Lipinski definition) is 3. The van der Waals surface area contributed by atoms with Gasteiger partial charge < -0.3 is 25.4 Å². The molecule has 6 rings (SSSR count). The van der Waals surface area contributed by atoms with Gasteiger partial charge in [0, 0.05) is 18.7 Å². The van der Waals surface area contributed by atoms with Crippen molar-refractivity contribution in [2.24, 2.45) is 11.8 Å². The summed E-state index contributed by atoms with van der Waals surface area (Å²) in [5.41, 5.74) is 3.62. The van der Waals surface area contributed by atoms with Crippen LogP contribution >= 0.6 is 0 Å². The van der Waals surface area contributed by atoms with E-state index in [0.29, 0.717) is 31.5 Å². The molecular weight excluding hydrogens is 618 g/mol. The number of benzene rings is 4. The molecule has 0 aromatic heterocycles. The van der Waals surface area contributed by atoms with Crippen molar-refractivity contribution in [3.8, 4) is 0 Å². The van der Waals surface area contributed by atoms with Gasteiger partial charge in [-0.1, -0.05) is 97.1 Å². The molecule has 9 heteroatoms. The quantitative estimate of drug-likeness (QED) is 0.190. The Morgan fingerprint density at radius 2 is 1.53 bits per heavy atom. The van der Waals surface area contributed by atoms with E-state index in [1.165, 1.54) is 0 Å². The summed E-state index contributed by atoms with van der Waals surface area (Å²) in [6, 6.07) is 29.2. The molecule has 0 saturated heterocycles. The predicted molar refractivity (Wildman–Crippen MR) is 187 cm³/mol. The lowest BCUT2D eigenvalue weighted by Crippen LogP contribution is -2.51. The number of esters is 1. The zero-order valence-electron chi connectivity index (χ0n) is 27.3. The third-order valence-electron chi connectivity index (χ3n) is 9.39. The number of fused-ring (bicyclic) bond motifs is 2. The summed E-state index contributed by atoms with van der Waals surface area (Å²) in [6.45, 7) is -0.213. The van der Waals surface area contributed by atoms with E-state index >= 15 is 0 Å². The molecule has 0 spiro atoms. The van der Waals surface area contributed by atoms with Gasteiger partial charge in [0.25, 0.3) is 5.91 Å². The number of allylic oxidation sites excluding steroid dienone is 2. The maximum atomic E-state index is 13.8. The summed E-state index contributed by atoms with van der Waals surface area (Å²) < 4.78 is 5.71. The van der Waals surface area contributed by atoms with E-state index in [9.17, 15) is 24.3 Å². The van der Waals surface area contributed by atoms with Crippen molar-refractivity contribution in [1.82, 2.24) is 10.2 Å². The Morgan fingerprint density at radius 3 is 2.31 bits per heavy atom. The van der Waals surface area contributed by atoms with E-state index in [0.717, 1.165) is 27.5 Å². The van der Waals surface area contributed by atoms with E-state index in [-0.39, 0.29) is 32.0 Å². The van der Waals surface area contributed by atoms with E-state index in [4.69, 9.17) is 4.74 Å². The van der Waals surface area contributed by atoms with E-state index in [1.54, 1.807) is 11.0 Å². The smallest absolute Gasteiger partial charge is 0.309 e. The van der Waals surface area contributed by atoms with Crippen LogP contribution < -0.4 is 10.6 Å². The second-order valence-electron chi connectivity index (χ2n) is 12.8. The Labute approximate surface area is 286 Å². The van der Waals surface area contributed by atoms with Crippen LogP contribution in [0.15, 0.2) is 109 Å². The topological polar surface area (TPSA) is 125 Å². The number of amides is 3. The summed E-state index contributed by atoms with van der Waals surface area (Å²) in [5.74, 6) is -3.04. The third kappa shape index (κ3) is 8.42. The van der Waals surface area contributed by atoms with Crippen molar-refractivity contribution in [3.63, 3.8) is 0 Å². The summed E-state index contributed by atoms with van der Waals surface area (Å²) in [5, 5.41) is 17.8. The van der Waals surface area contributed by atoms with Gasteiger partial charge in [-0.25, -0.2) is 0 Å². The van der Waals surface area contributed by atoms with Gasteiger partial charge in [0.1, 0.15) is 12.6 Å². The van der Waals surface area contributed by atoms with E-state index in [1.807, 2.05) is 103 Å². The molecule has 49 heavy (non-hydrogen) atoms. The summed E-state index contributed by atoms with van der Waals surface area (Å²) in [4.78, 5) is 56.3. The minimum absolute atomic E-state index is 0.110. The Bertz CT molecular complexity index is 1840. The predicted octanol–water partition coefficient (Wildman–Crippen LogP) is 4.97. The van der Waals surface area contributed by atoms with Gasteiger partial charge in [-0.15, -0.1) is 0 Å². The molecular formula is C40H41N3O6. The molecule has 0 radical (unpaired) electrons. The molecule has 3 amide bonds. The molecule has 0 aliphatic carbocycles. The number of nitrogens with one attached hydrogen (secondary N) is 2. The summed E-state index contributed by atoms with van der Waals surface area (Å²) in [7, 11) is 0. The Hall–Kier alpha value is -5.28. The van der Waals surface area contributed by atoms with Crippen LogP contribution in [0, 0.1) is 11.8 Å². The van der Waals surface area contributed by atoms with Crippen LogP contribution in [-0.2, 0) is 43.3 Å².